The minimum absolute atomic E-state index is 0.332. The molecule has 0 saturated heterocycles. The van der Waals surface area contributed by atoms with Gasteiger partial charge < -0.3 is 5.11 Å². The summed E-state index contributed by atoms with van der Waals surface area (Å²) in [7, 11) is 0. The van der Waals surface area contributed by atoms with E-state index in [4.69, 9.17) is 0 Å². The molecule has 1 atom stereocenters. The van der Waals surface area contributed by atoms with E-state index < -0.39 is 0 Å². The molecule has 1 N–H and O–H groups in total. The van der Waals surface area contributed by atoms with Crippen molar-refractivity contribution in [3.63, 3.8) is 0 Å². The summed E-state index contributed by atoms with van der Waals surface area (Å²) in [6.45, 7) is 5.50. The largest absolute Gasteiger partial charge is 0.389 e. The molecule has 0 aromatic heterocycles. The van der Waals surface area contributed by atoms with E-state index in [0.717, 1.165) is 12.8 Å². The molecule has 1 aliphatic carbocycles. The molecule has 0 aromatic rings. The first-order valence-corrected chi connectivity index (χ1v) is 4.94. The van der Waals surface area contributed by atoms with Crippen LogP contribution in [0.5, 0.6) is 0 Å². The SMILES string of the molecule is C=C/C=C1/CCCC/C1=C/C(C)O. The average Bonchev–Trinajstić information content (AvgIpc) is 2.08. The van der Waals surface area contributed by atoms with Gasteiger partial charge in [0.1, 0.15) is 0 Å². The maximum atomic E-state index is 9.26. The summed E-state index contributed by atoms with van der Waals surface area (Å²) in [6.07, 6.45) is 10.2. The third-order valence-electron chi connectivity index (χ3n) is 2.32. The molecule has 0 heterocycles. The van der Waals surface area contributed by atoms with Gasteiger partial charge in [-0.05, 0) is 43.8 Å². The Bertz CT molecular complexity index is 234. The van der Waals surface area contributed by atoms with E-state index in [9.17, 15) is 5.11 Å². The fraction of sp³-hybridized carbons (Fsp3) is 0.500. The van der Waals surface area contributed by atoms with Crippen LogP contribution in [0.2, 0.25) is 0 Å². The molecule has 1 unspecified atom stereocenters. The predicted molar refractivity (Wildman–Crippen MR) is 56.5 cm³/mol. The van der Waals surface area contributed by atoms with Crippen LogP contribution in [0.25, 0.3) is 0 Å². The highest BCUT2D eigenvalue weighted by Gasteiger charge is 2.11. The number of hydrogen-bond donors (Lipinski definition) is 1. The molecular weight excluding hydrogens is 160 g/mol. The highest BCUT2D eigenvalue weighted by Crippen LogP contribution is 2.28. The van der Waals surface area contributed by atoms with Gasteiger partial charge >= 0.3 is 0 Å². The lowest BCUT2D eigenvalue weighted by Crippen LogP contribution is -2.03. The normalized spacial score (nSPS) is 26.3. The molecular formula is C12H18O. The van der Waals surface area contributed by atoms with Crippen LogP contribution < -0.4 is 0 Å². The first-order chi connectivity index (χ1) is 6.24. The quantitative estimate of drug-likeness (QED) is 0.689. The van der Waals surface area contributed by atoms with Crippen molar-refractivity contribution in [1.29, 1.82) is 0 Å². The fourth-order valence-corrected chi connectivity index (χ4v) is 1.77. The second-order valence-corrected chi connectivity index (χ2v) is 3.57. The first-order valence-electron chi connectivity index (χ1n) is 4.94. The van der Waals surface area contributed by atoms with Gasteiger partial charge in [0.25, 0.3) is 0 Å². The zero-order valence-electron chi connectivity index (χ0n) is 8.29. The number of allylic oxidation sites excluding steroid dienone is 4. The lowest BCUT2D eigenvalue weighted by atomic mass is 9.88. The van der Waals surface area contributed by atoms with Crippen molar-refractivity contribution < 1.29 is 5.11 Å². The number of hydrogen-bond acceptors (Lipinski definition) is 1. The molecule has 1 heteroatoms. The third kappa shape index (κ3) is 3.19. The summed E-state index contributed by atoms with van der Waals surface area (Å²) in [5, 5.41) is 9.26. The van der Waals surface area contributed by atoms with Crippen LogP contribution in [-0.2, 0) is 0 Å². The molecule has 0 spiro atoms. The maximum absolute atomic E-state index is 9.26. The first kappa shape index (κ1) is 10.3. The van der Waals surface area contributed by atoms with Gasteiger partial charge in [-0.2, -0.15) is 0 Å². The van der Waals surface area contributed by atoms with Crippen molar-refractivity contribution >= 4 is 0 Å². The van der Waals surface area contributed by atoms with Gasteiger partial charge in [-0.25, -0.2) is 0 Å². The lowest BCUT2D eigenvalue weighted by Gasteiger charge is -2.18. The van der Waals surface area contributed by atoms with Gasteiger partial charge in [-0.3, -0.25) is 0 Å². The molecule has 1 fully saturated rings. The molecule has 1 saturated carbocycles. The molecule has 1 rings (SSSR count). The van der Waals surface area contributed by atoms with Crippen LogP contribution in [0.4, 0.5) is 0 Å². The van der Waals surface area contributed by atoms with Crippen molar-refractivity contribution in [3.8, 4) is 0 Å². The third-order valence-corrected chi connectivity index (χ3v) is 2.32. The van der Waals surface area contributed by atoms with E-state index in [0.29, 0.717) is 0 Å². The minimum atomic E-state index is -0.332. The minimum Gasteiger partial charge on any atom is -0.389 e. The van der Waals surface area contributed by atoms with E-state index in [-0.39, 0.29) is 6.10 Å². The maximum Gasteiger partial charge on any atom is 0.0698 e. The van der Waals surface area contributed by atoms with E-state index in [1.807, 2.05) is 12.2 Å². The van der Waals surface area contributed by atoms with Crippen molar-refractivity contribution in [1.82, 2.24) is 0 Å². The predicted octanol–water partition coefficient (Wildman–Crippen LogP) is 2.98. The van der Waals surface area contributed by atoms with E-state index in [1.165, 1.54) is 24.0 Å². The van der Waals surface area contributed by atoms with Crippen LogP contribution in [0, 0.1) is 0 Å². The highest BCUT2D eigenvalue weighted by molar-refractivity contribution is 5.35. The summed E-state index contributed by atoms with van der Waals surface area (Å²) in [6, 6.07) is 0. The van der Waals surface area contributed by atoms with E-state index in [2.05, 4.69) is 12.7 Å². The Balaban J connectivity index is 2.78. The molecule has 1 aliphatic rings. The number of aliphatic hydroxyl groups is 1. The Morgan fingerprint density at radius 1 is 1.31 bits per heavy atom. The van der Waals surface area contributed by atoms with Crippen molar-refractivity contribution in [2.45, 2.75) is 38.7 Å². The fourth-order valence-electron chi connectivity index (χ4n) is 1.77. The molecule has 0 bridgehead atoms. The number of rotatable bonds is 2. The molecule has 0 aromatic carbocycles. The van der Waals surface area contributed by atoms with Gasteiger partial charge in [0.15, 0.2) is 0 Å². The van der Waals surface area contributed by atoms with Crippen LogP contribution in [0.1, 0.15) is 32.6 Å². The Labute approximate surface area is 80.5 Å². The van der Waals surface area contributed by atoms with Crippen molar-refractivity contribution in [3.05, 3.63) is 36.0 Å². The molecule has 72 valence electrons. The Hall–Kier alpha value is -0.820. The second kappa shape index (κ2) is 5.03. The molecule has 0 aliphatic heterocycles. The Morgan fingerprint density at radius 3 is 2.46 bits per heavy atom. The molecule has 1 nitrogen and oxygen atoms in total. The van der Waals surface area contributed by atoms with E-state index in [1.54, 1.807) is 6.92 Å². The van der Waals surface area contributed by atoms with Gasteiger partial charge in [-0.1, -0.05) is 24.8 Å². The van der Waals surface area contributed by atoms with Gasteiger partial charge in [0.2, 0.25) is 0 Å². The summed E-state index contributed by atoms with van der Waals surface area (Å²) < 4.78 is 0. The Kier molecular flexibility index (Phi) is 3.97. The second-order valence-electron chi connectivity index (χ2n) is 3.57. The van der Waals surface area contributed by atoms with Gasteiger partial charge in [0.05, 0.1) is 6.10 Å². The van der Waals surface area contributed by atoms with Crippen LogP contribution in [0.15, 0.2) is 36.0 Å². The zero-order valence-corrected chi connectivity index (χ0v) is 8.29. The summed E-state index contributed by atoms with van der Waals surface area (Å²) in [4.78, 5) is 0. The number of aliphatic hydroxyl groups excluding tert-OH is 1. The van der Waals surface area contributed by atoms with Crippen molar-refractivity contribution in [2.24, 2.45) is 0 Å². The van der Waals surface area contributed by atoms with Gasteiger partial charge in [-0.15, -0.1) is 0 Å². The lowest BCUT2D eigenvalue weighted by molar-refractivity contribution is 0.243. The van der Waals surface area contributed by atoms with Crippen LogP contribution in [0.3, 0.4) is 0 Å². The van der Waals surface area contributed by atoms with Gasteiger partial charge in [0, 0.05) is 0 Å². The monoisotopic (exact) mass is 178 g/mol. The molecule has 0 amide bonds. The molecule has 13 heavy (non-hydrogen) atoms. The molecule has 0 radical (unpaired) electrons. The van der Waals surface area contributed by atoms with E-state index >= 15 is 0 Å². The van der Waals surface area contributed by atoms with Crippen LogP contribution in [-0.4, -0.2) is 11.2 Å². The summed E-state index contributed by atoms with van der Waals surface area (Å²) >= 11 is 0. The smallest absolute Gasteiger partial charge is 0.0698 e. The van der Waals surface area contributed by atoms with Crippen LogP contribution >= 0.6 is 0 Å². The average molecular weight is 178 g/mol. The standard InChI is InChI=1S/C12H18O/c1-3-6-11-7-4-5-8-12(11)9-10(2)13/h3,6,9-10,13H,1,4-5,7-8H2,2H3/b11-6-,12-9-. The Morgan fingerprint density at radius 2 is 1.92 bits per heavy atom. The topological polar surface area (TPSA) is 20.2 Å². The summed E-state index contributed by atoms with van der Waals surface area (Å²) in [5.74, 6) is 0. The highest BCUT2D eigenvalue weighted by atomic mass is 16.3. The zero-order chi connectivity index (χ0) is 9.68. The van der Waals surface area contributed by atoms with Crippen molar-refractivity contribution in [2.75, 3.05) is 0 Å². The summed E-state index contributed by atoms with van der Waals surface area (Å²) in [5.41, 5.74) is 2.66.